The molecule has 3 N–H and O–H groups in total. The Hall–Kier alpha value is -1.95. The van der Waals surface area contributed by atoms with Gasteiger partial charge in [-0.3, -0.25) is 14.9 Å². The number of nitrogens with one attached hydrogen (secondary N) is 1. The minimum atomic E-state index is -0.525. The van der Waals surface area contributed by atoms with Gasteiger partial charge in [0.15, 0.2) is 0 Å². The zero-order valence-corrected chi connectivity index (χ0v) is 9.55. The summed E-state index contributed by atoms with van der Waals surface area (Å²) in [5, 5.41) is 13.3. The van der Waals surface area contributed by atoms with Gasteiger partial charge in [-0.1, -0.05) is 19.1 Å². The van der Waals surface area contributed by atoms with Crippen LogP contribution in [0.3, 0.4) is 0 Å². The number of nitrogens with zero attached hydrogens (tertiary/aromatic N) is 1. The average molecular weight is 237 g/mol. The summed E-state index contributed by atoms with van der Waals surface area (Å²) in [6.45, 7) is 2.14. The Morgan fingerprint density at radius 3 is 2.76 bits per heavy atom. The molecule has 0 aliphatic rings. The van der Waals surface area contributed by atoms with Gasteiger partial charge in [0.1, 0.15) is 5.69 Å². The molecule has 1 atom stereocenters. The fourth-order valence-electron chi connectivity index (χ4n) is 1.38. The third kappa shape index (κ3) is 3.53. The van der Waals surface area contributed by atoms with Crippen LogP contribution < -0.4 is 11.1 Å². The van der Waals surface area contributed by atoms with Crippen LogP contribution in [0.5, 0.6) is 0 Å². The Balaban J connectivity index is 2.81. The van der Waals surface area contributed by atoms with E-state index in [1.807, 2.05) is 0 Å². The van der Waals surface area contributed by atoms with Crippen molar-refractivity contribution in [1.82, 2.24) is 0 Å². The van der Waals surface area contributed by atoms with Crippen LogP contribution in [0, 0.1) is 16.0 Å². The van der Waals surface area contributed by atoms with Crippen molar-refractivity contribution >= 4 is 17.3 Å². The van der Waals surface area contributed by atoms with E-state index in [9.17, 15) is 14.9 Å². The monoisotopic (exact) mass is 237 g/mol. The highest BCUT2D eigenvalue weighted by Crippen LogP contribution is 2.23. The first kappa shape index (κ1) is 13.1. The van der Waals surface area contributed by atoms with Crippen molar-refractivity contribution in [3.8, 4) is 0 Å². The molecule has 0 heterocycles. The smallest absolute Gasteiger partial charge is 0.292 e. The van der Waals surface area contributed by atoms with Gasteiger partial charge in [0.25, 0.3) is 5.69 Å². The lowest BCUT2D eigenvalue weighted by Crippen LogP contribution is -2.23. The van der Waals surface area contributed by atoms with Gasteiger partial charge in [0, 0.05) is 12.0 Å². The van der Waals surface area contributed by atoms with Crippen molar-refractivity contribution in [1.29, 1.82) is 0 Å². The number of para-hydroxylation sites is 2. The van der Waals surface area contributed by atoms with E-state index in [0.29, 0.717) is 13.0 Å². The second-order valence-corrected chi connectivity index (χ2v) is 3.74. The summed E-state index contributed by atoms with van der Waals surface area (Å²) in [5.74, 6) is -0.524. The zero-order chi connectivity index (χ0) is 12.8. The topological polar surface area (TPSA) is 98.3 Å². The van der Waals surface area contributed by atoms with Crippen LogP contribution in [0.25, 0.3) is 0 Å². The summed E-state index contributed by atoms with van der Waals surface area (Å²) in [4.78, 5) is 21.9. The number of benzene rings is 1. The van der Waals surface area contributed by atoms with Crippen LogP contribution in [0.15, 0.2) is 24.3 Å². The second kappa shape index (κ2) is 5.95. The van der Waals surface area contributed by atoms with E-state index >= 15 is 0 Å². The number of hydrogen-bond acceptors (Lipinski definition) is 4. The van der Waals surface area contributed by atoms with E-state index in [4.69, 9.17) is 5.73 Å². The van der Waals surface area contributed by atoms with E-state index in [-0.39, 0.29) is 23.2 Å². The molecular weight excluding hydrogens is 222 g/mol. The molecule has 92 valence electrons. The van der Waals surface area contributed by atoms with Crippen LogP contribution in [0.1, 0.15) is 13.3 Å². The molecule has 0 aliphatic heterocycles. The number of amides is 1. The van der Waals surface area contributed by atoms with Crippen molar-refractivity contribution in [2.45, 2.75) is 13.3 Å². The van der Waals surface area contributed by atoms with Crippen molar-refractivity contribution in [2.75, 3.05) is 11.9 Å². The minimum Gasteiger partial charge on any atom is -0.330 e. The normalized spacial score (nSPS) is 11.9. The maximum Gasteiger partial charge on any atom is 0.292 e. The molecule has 0 aromatic heterocycles. The predicted octanol–water partition coefficient (Wildman–Crippen LogP) is 1.52. The summed E-state index contributed by atoms with van der Waals surface area (Å²) >= 11 is 0. The fourth-order valence-corrected chi connectivity index (χ4v) is 1.38. The molecule has 1 aromatic carbocycles. The number of anilines is 1. The Morgan fingerprint density at radius 2 is 2.18 bits per heavy atom. The number of nitro groups is 1. The lowest BCUT2D eigenvalue weighted by atomic mass is 10.1. The third-order valence-electron chi connectivity index (χ3n) is 2.41. The first-order valence-electron chi connectivity index (χ1n) is 5.30. The third-order valence-corrected chi connectivity index (χ3v) is 2.41. The molecule has 0 radical (unpaired) electrons. The highest BCUT2D eigenvalue weighted by molar-refractivity contribution is 5.94. The van der Waals surface area contributed by atoms with Gasteiger partial charge in [-0.2, -0.15) is 0 Å². The molecule has 0 bridgehead atoms. The van der Waals surface area contributed by atoms with Crippen molar-refractivity contribution < 1.29 is 9.72 Å². The molecule has 6 nitrogen and oxygen atoms in total. The molecule has 0 spiro atoms. The summed E-state index contributed by atoms with van der Waals surface area (Å²) in [5.41, 5.74) is 5.45. The van der Waals surface area contributed by atoms with Crippen LogP contribution in [-0.2, 0) is 4.79 Å². The number of nitro benzene ring substituents is 1. The van der Waals surface area contributed by atoms with Crippen molar-refractivity contribution in [2.24, 2.45) is 11.7 Å². The van der Waals surface area contributed by atoms with Gasteiger partial charge in [-0.15, -0.1) is 0 Å². The molecule has 6 heteroatoms. The predicted molar refractivity (Wildman–Crippen MR) is 64.6 cm³/mol. The molecule has 1 rings (SSSR count). The molecule has 17 heavy (non-hydrogen) atoms. The van der Waals surface area contributed by atoms with Gasteiger partial charge in [0.05, 0.1) is 4.92 Å². The van der Waals surface area contributed by atoms with Crippen LogP contribution in [0.4, 0.5) is 11.4 Å². The molecule has 1 amide bonds. The Labute approximate surface area is 99.0 Å². The van der Waals surface area contributed by atoms with Gasteiger partial charge in [-0.05, 0) is 19.0 Å². The molecule has 0 saturated heterocycles. The number of hydrogen-bond donors (Lipinski definition) is 2. The Kier molecular flexibility index (Phi) is 4.59. The van der Waals surface area contributed by atoms with E-state index in [1.54, 1.807) is 19.1 Å². The molecule has 1 aromatic rings. The van der Waals surface area contributed by atoms with Crippen LogP contribution in [0.2, 0.25) is 0 Å². The summed E-state index contributed by atoms with van der Waals surface area (Å²) in [6.07, 6.45) is 0.548. The fraction of sp³-hybridized carbons (Fsp3) is 0.364. The minimum absolute atomic E-state index is 0.110. The quantitative estimate of drug-likeness (QED) is 0.599. The lowest BCUT2D eigenvalue weighted by molar-refractivity contribution is -0.383. The van der Waals surface area contributed by atoms with E-state index < -0.39 is 4.92 Å². The first-order chi connectivity index (χ1) is 8.06. The SMILES string of the molecule is CC(CCN)C(=O)Nc1ccccc1[N+](=O)[O-]. The van der Waals surface area contributed by atoms with Crippen LogP contribution in [-0.4, -0.2) is 17.4 Å². The maximum atomic E-state index is 11.7. The maximum absolute atomic E-state index is 11.7. The van der Waals surface area contributed by atoms with Crippen LogP contribution >= 0.6 is 0 Å². The molecule has 0 aliphatic carbocycles. The van der Waals surface area contributed by atoms with Gasteiger partial charge < -0.3 is 11.1 Å². The Bertz CT molecular complexity index is 420. The van der Waals surface area contributed by atoms with E-state index in [1.165, 1.54) is 12.1 Å². The molecular formula is C11H15N3O3. The summed E-state index contributed by atoms with van der Waals surface area (Å²) < 4.78 is 0. The number of nitrogens with two attached hydrogens (primary N) is 1. The lowest BCUT2D eigenvalue weighted by Gasteiger charge is -2.10. The van der Waals surface area contributed by atoms with E-state index in [0.717, 1.165) is 0 Å². The van der Waals surface area contributed by atoms with Crippen molar-refractivity contribution in [3.05, 3.63) is 34.4 Å². The first-order valence-corrected chi connectivity index (χ1v) is 5.30. The molecule has 0 fully saturated rings. The van der Waals surface area contributed by atoms with E-state index in [2.05, 4.69) is 5.32 Å². The summed E-state index contributed by atoms with van der Waals surface area (Å²) in [7, 11) is 0. The summed E-state index contributed by atoms with van der Waals surface area (Å²) in [6, 6.07) is 6.04. The zero-order valence-electron chi connectivity index (χ0n) is 9.55. The standard InChI is InChI=1S/C11H15N3O3/c1-8(6-7-12)11(15)13-9-4-2-3-5-10(9)14(16)17/h2-5,8H,6-7,12H2,1H3,(H,13,15). The van der Waals surface area contributed by atoms with Gasteiger partial charge in [-0.25, -0.2) is 0 Å². The second-order valence-electron chi connectivity index (χ2n) is 3.74. The number of rotatable bonds is 5. The highest BCUT2D eigenvalue weighted by Gasteiger charge is 2.17. The number of carbonyl (C=O) groups is 1. The Morgan fingerprint density at radius 1 is 1.53 bits per heavy atom. The number of carbonyl (C=O) groups excluding carboxylic acids is 1. The largest absolute Gasteiger partial charge is 0.330 e. The highest BCUT2D eigenvalue weighted by atomic mass is 16.6. The van der Waals surface area contributed by atoms with Crippen molar-refractivity contribution in [3.63, 3.8) is 0 Å². The average Bonchev–Trinajstić information content (AvgIpc) is 2.29. The molecule has 0 saturated carbocycles. The van der Waals surface area contributed by atoms with Gasteiger partial charge in [0.2, 0.25) is 5.91 Å². The molecule has 1 unspecified atom stereocenters. The van der Waals surface area contributed by atoms with Gasteiger partial charge >= 0.3 is 0 Å².